The fourth-order valence-electron chi connectivity index (χ4n) is 4.26. The van der Waals surface area contributed by atoms with Gasteiger partial charge in [-0.3, -0.25) is 14.5 Å². The smallest absolute Gasteiger partial charge is 0.227 e. The first-order valence-corrected chi connectivity index (χ1v) is 10.8. The first-order valence-electron chi connectivity index (χ1n) is 10.8. The number of hydrogen-bond acceptors (Lipinski definition) is 4. The van der Waals surface area contributed by atoms with Crippen molar-refractivity contribution in [3.05, 3.63) is 54.1 Å². The Morgan fingerprint density at radius 3 is 2.37 bits per heavy atom. The van der Waals surface area contributed by atoms with Gasteiger partial charge in [0.05, 0.1) is 0 Å². The number of piperazine rings is 1. The van der Waals surface area contributed by atoms with Crippen LogP contribution in [-0.2, 0) is 9.59 Å². The van der Waals surface area contributed by atoms with Crippen LogP contribution in [0.3, 0.4) is 0 Å². The van der Waals surface area contributed by atoms with Gasteiger partial charge >= 0.3 is 0 Å². The van der Waals surface area contributed by atoms with E-state index in [0.717, 1.165) is 57.1 Å². The summed E-state index contributed by atoms with van der Waals surface area (Å²) in [5.74, 6) is 0.204. The molecule has 0 atom stereocenters. The summed E-state index contributed by atoms with van der Waals surface area (Å²) < 4.78 is 0. The van der Waals surface area contributed by atoms with E-state index in [1.165, 1.54) is 11.3 Å². The largest absolute Gasteiger partial charge is 0.369 e. The van der Waals surface area contributed by atoms with Crippen molar-refractivity contribution in [2.75, 3.05) is 54.4 Å². The monoisotopic (exact) mass is 406 g/mol. The Morgan fingerprint density at radius 2 is 1.70 bits per heavy atom. The molecular formula is C24H30N4O2. The van der Waals surface area contributed by atoms with Crippen LogP contribution in [0.1, 0.15) is 24.8 Å². The second kappa shape index (κ2) is 9.30. The molecule has 2 aliphatic rings. The van der Waals surface area contributed by atoms with Gasteiger partial charge in [0, 0.05) is 69.2 Å². The van der Waals surface area contributed by atoms with Crippen LogP contribution >= 0.6 is 0 Å². The number of para-hydroxylation sites is 1. The highest BCUT2D eigenvalue weighted by atomic mass is 16.2. The Kier molecular flexibility index (Phi) is 6.33. The Bertz CT molecular complexity index is 888. The maximum atomic E-state index is 12.4. The highest BCUT2D eigenvalue weighted by molar-refractivity contribution is 5.96. The fourth-order valence-corrected chi connectivity index (χ4v) is 4.26. The number of aryl methyl sites for hydroxylation is 1. The predicted molar refractivity (Wildman–Crippen MR) is 121 cm³/mol. The highest BCUT2D eigenvalue weighted by Crippen LogP contribution is 2.23. The van der Waals surface area contributed by atoms with Gasteiger partial charge in [-0.1, -0.05) is 18.2 Å². The molecule has 158 valence electrons. The average molecular weight is 407 g/mol. The van der Waals surface area contributed by atoms with E-state index in [2.05, 4.69) is 46.3 Å². The lowest BCUT2D eigenvalue weighted by Crippen LogP contribution is -2.47. The summed E-state index contributed by atoms with van der Waals surface area (Å²) >= 11 is 0. The van der Waals surface area contributed by atoms with Crippen LogP contribution < -0.4 is 15.1 Å². The van der Waals surface area contributed by atoms with Crippen LogP contribution in [-0.4, -0.2) is 56.0 Å². The molecule has 2 fully saturated rings. The van der Waals surface area contributed by atoms with Gasteiger partial charge in [0.15, 0.2) is 0 Å². The zero-order valence-electron chi connectivity index (χ0n) is 17.6. The molecule has 4 rings (SSSR count). The summed E-state index contributed by atoms with van der Waals surface area (Å²) in [6.07, 6.45) is 2.02. The first-order chi connectivity index (χ1) is 14.6. The second-order valence-corrected chi connectivity index (χ2v) is 8.11. The normalized spacial score (nSPS) is 17.4. The van der Waals surface area contributed by atoms with Gasteiger partial charge in [-0.05, 0) is 49.2 Å². The molecule has 2 aliphatic heterocycles. The standard InChI is InChI=1S/C24H30N4O2/c1-19-5-2-3-6-22(19)27-17-15-26(16-18-27)14-12-23(29)25-20-8-10-21(11-9-20)28-13-4-7-24(28)30/h2-3,5-6,8-11H,4,7,12-18H2,1H3,(H,25,29). The quantitative estimate of drug-likeness (QED) is 0.800. The van der Waals surface area contributed by atoms with Crippen molar-refractivity contribution in [2.45, 2.75) is 26.2 Å². The van der Waals surface area contributed by atoms with Crippen LogP contribution in [0.2, 0.25) is 0 Å². The summed E-state index contributed by atoms with van der Waals surface area (Å²) in [6, 6.07) is 16.1. The molecule has 2 aromatic rings. The third-order valence-electron chi connectivity index (χ3n) is 6.02. The topological polar surface area (TPSA) is 55.9 Å². The maximum absolute atomic E-state index is 12.4. The fraction of sp³-hybridized carbons (Fsp3) is 0.417. The molecule has 2 heterocycles. The van der Waals surface area contributed by atoms with Crippen molar-refractivity contribution in [3.63, 3.8) is 0 Å². The van der Waals surface area contributed by atoms with E-state index < -0.39 is 0 Å². The lowest BCUT2D eigenvalue weighted by molar-refractivity contribution is -0.117. The van der Waals surface area contributed by atoms with E-state index in [9.17, 15) is 9.59 Å². The summed E-state index contributed by atoms with van der Waals surface area (Å²) in [7, 11) is 0. The number of benzene rings is 2. The number of nitrogens with zero attached hydrogens (tertiary/aromatic N) is 3. The van der Waals surface area contributed by atoms with Crippen LogP contribution in [0.15, 0.2) is 48.5 Å². The Morgan fingerprint density at radius 1 is 0.967 bits per heavy atom. The zero-order valence-corrected chi connectivity index (χ0v) is 17.6. The SMILES string of the molecule is Cc1ccccc1N1CCN(CCC(=O)Nc2ccc(N3CCCC3=O)cc2)CC1. The molecule has 0 aliphatic carbocycles. The Hall–Kier alpha value is -2.86. The molecule has 2 saturated heterocycles. The highest BCUT2D eigenvalue weighted by Gasteiger charge is 2.22. The number of nitrogens with one attached hydrogen (secondary N) is 1. The van der Waals surface area contributed by atoms with Gasteiger partial charge in [0.1, 0.15) is 0 Å². The molecule has 0 saturated carbocycles. The van der Waals surface area contributed by atoms with E-state index >= 15 is 0 Å². The second-order valence-electron chi connectivity index (χ2n) is 8.11. The number of anilines is 3. The molecule has 0 aromatic heterocycles. The van der Waals surface area contributed by atoms with E-state index in [1.54, 1.807) is 0 Å². The summed E-state index contributed by atoms with van der Waals surface area (Å²) in [5.41, 5.74) is 4.31. The van der Waals surface area contributed by atoms with Crippen molar-refractivity contribution in [3.8, 4) is 0 Å². The summed E-state index contributed by atoms with van der Waals surface area (Å²) in [5, 5.41) is 2.97. The molecule has 30 heavy (non-hydrogen) atoms. The predicted octanol–water partition coefficient (Wildman–Crippen LogP) is 3.27. The molecule has 2 amide bonds. The minimum atomic E-state index is 0.0290. The van der Waals surface area contributed by atoms with Gasteiger partial charge < -0.3 is 15.1 Å². The van der Waals surface area contributed by atoms with Gasteiger partial charge in [-0.2, -0.15) is 0 Å². The zero-order chi connectivity index (χ0) is 20.9. The lowest BCUT2D eigenvalue weighted by atomic mass is 10.1. The minimum absolute atomic E-state index is 0.0290. The Balaban J connectivity index is 1.21. The average Bonchev–Trinajstić information content (AvgIpc) is 3.19. The van der Waals surface area contributed by atoms with Crippen LogP contribution in [0.25, 0.3) is 0 Å². The van der Waals surface area contributed by atoms with Crippen molar-refractivity contribution < 1.29 is 9.59 Å². The molecular weight excluding hydrogens is 376 g/mol. The molecule has 0 radical (unpaired) electrons. The van der Waals surface area contributed by atoms with Gasteiger partial charge in [0.25, 0.3) is 0 Å². The van der Waals surface area contributed by atoms with E-state index in [-0.39, 0.29) is 11.8 Å². The number of amides is 2. The van der Waals surface area contributed by atoms with E-state index in [1.807, 2.05) is 29.2 Å². The van der Waals surface area contributed by atoms with Crippen molar-refractivity contribution in [1.29, 1.82) is 0 Å². The molecule has 1 N–H and O–H groups in total. The van der Waals surface area contributed by atoms with Gasteiger partial charge in [0.2, 0.25) is 11.8 Å². The van der Waals surface area contributed by atoms with Crippen LogP contribution in [0.5, 0.6) is 0 Å². The van der Waals surface area contributed by atoms with Gasteiger partial charge in [-0.15, -0.1) is 0 Å². The molecule has 6 nitrogen and oxygen atoms in total. The third-order valence-corrected chi connectivity index (χ3v) is 6.02. The van der Waals surface area contributed by atoms with Crippen LogP contribution in [0, 0.1) is 6.92 Å². The van der Waals surface area contributed by atoms with Crippen molar-refractivity contribution in [2.24, 2.45) is 0 Å². The number of hydrogen-bond donors (Lipinski definition) is 1. The molecule has 2 aromatic carbocycles. The molecule has 0 bridgehead atoms. The number of carbonyl (C=O) groups excluding carboxylic acids is 2. The van der Waals surface area contributed by atoms with Crippen molar-refractivity contribution >= 4 is 28.9 Å². The first kappa shape index (κ1) is 20.4. The lowest BCUT2D eigenvalue weighted by Gasteiger charge is -2.36. The van der Waals surface area contributed by atoms with E-state index in [4.69, 9.17) is 0 Å². The number of rotatable bonds is 6. The molecule has 0 unspecified atom stereocenters. The van der Waals surface area contributed by atoms with E-state index in [0.29, 0.717) is 12.8 Å². The summed E-state index contributed by atoms with van der Waals surface area (Å²) in [6.45, 7) is 7.63. The van der Waals surface area contributed by atoms with Gasteiger partial charge in [-0.25, -0.2) is 0 Å². The maximum Gasteiger partial charge on any atom is 0.227 e. The third kappa shape index (κ3) is 4.82. The molecule has 0 spiro atoms. The van der Waals surface area contributed by atoms with Crippen LogP contribution in [0.4, 0.5) is 17.1 Å². The van der Waals surface area contributed by atoms with Crippen molar-refractivity contribution in [1.82, 2.24) is 4.90 Å². The molecule has 6 heteroatoms. The number of carbonyl (C=O) groups is 2. The summed E-state index contributed by atoms with van der Waals surface area (Å²) in [4.78, 5) is 30.8. The Labute approximate surface area is 178 Å². The minimum Gasteiger partial charge on any atom is -0.369 e.